The summed E-state index contributed by atoms with van der Waals surface area (Å²) < 4.78 is 11.0. The zero-order valence-electron chi connectivity index (χ0n) is 10.2. The summed E-state index contributed by atoms with van der Waals surface area (Å²) in [6, 6.07) is 9.28. The number of hydrogen-bond acceptors (Lipinski definition) is 4. The second-order valence-electron chi connectivity index (χ2n) is 4.51. The van der Waals surface area contributed by atoms with Gasteiger partial charge in [-0.15, -0.1) is 0 Å². The number of rotatable bonds is 2. The average Bonchev–Trinajstić information content (AvgIpc) is 2.81. The van der Waals surface area contributed by atoms with Gasteiger partial charge in [-0.05, 0) is 29.3 Å². The van der Waals surface area contributed by atoms with E-state index in [1.54, 1.807) is 12.1 Å². The van der Waals surface area contributed by atoms with Gasteiger partial charge < -0.3 is 14.4 Å². The minimum atomic E-state index is -0.807. The molecule has 1 unspecified atom stereocenters. The predicted molar refractivity (Wildman–Crippen MR) is 70.3 cm³/mol. The Hall–Kier alpha value is -2.03. The third-order valence-electron chi connectivity index (χ3n) is 3.28. The van der Waals surface area contributed by atoms with Crippen molar-refractivity contribution >= 4 is 7.12 Å². The second-order valence-corrected chi connectivity index (χ2v) is 4.51. The van der Waals surface area contributed by atoms with Crippen LogP contribution in [0.3, 0.4) is 0 Å². The van der Waals surface area contributed by atoms with E-state index in [-0.39, 0.29) is 6.10 Å². The van der Waals surface area contributed by atoms with Gasteiger partial charge in [-0.3, -0.25) is 0 Å². The Bertz CT molecular complexity index is 603. The van der Waals surface area contributed by atoms with Crippen LogP contribution < -0.4 is 4.74 Å². The van der Waals surface area contributed by atoms with Crippen LogP contribution in [-0.4, -0.2) is 24.9 Å². The maximum absolute atomic E-state index is 9.57. The van der Waals surface area contributed by atoms with Gasteiger partial charge in [-0.2, -0.15) is 5.26 Å². The van der Waals surface area contributed by atoms with Crippen LogP contribution in [0.2, 0.25) is 0 Å². The second kappa shape index (κ2) is 4.92. The van der Waals surface area contributed by atoms with Gasteiger partial charge in [0.2, 0.25) is 0 Å². The molecule has 4 nitrogen and oxygen atoms in total. The van der Waals surface area contributed by atoms with Crippen LogP contribution >= 0.6 is 0 Å². The number of nitriles is 1. The molecule has 1 aromatic rings. The fraction of sp³-hybridized carbons (Fsp3) is 0.214. The van der Waals surface area contributed by atoms with Crippen LogP contribution in [0, 0.1) is 11.3 Å². The van der Waals surface area contributed by atoms with Crippen molar-refractivity contribution in [3.63, 3.8) is 0 Å². The van der Waals surface area contributed by atoms with E-state index >= 15 is 0 Å². The standard InChI is InChI=1S/C14H12BNO3/c16-8-10-3-1-2-4-14(10)19-12-5-6-13-11(7-12)9-18-15(13)17/h1-4,6-7,12,17H,5,9H2. The smallest absolute Gasteiger partial charge is 0.485 e. The van der Waals surface area contributed by atoms with E-state index in [0.717, 1.165) is 11.0 Å². The van der Waals surface area contributed by atoms with Crippen molar-refractivity contribution in [3.8, 4) is 11.8 Å². The topological polar surface area (TPSA) is 62.5 Å². The molecule has 3 rings (SSSR count). The van der Waals surface area contributed by atoms with Gasteiger partial charge in [0.15, 0.2) is 0 Å². The quantitative estimate of drug-likeness (QED) is 0.813. The highest BCUT2D eigenvalue weighted by Gasteiger charge is 2.33. The van der Waals surface area contributed by atoms with Crippen LogP contribution in [0.5, 0.6) is 5.75 Å². The van der Waals surface area contributed by atoms with Crippen molar-refractivity contribution < 1.29 is 14.4 Å². The molecule has 0 radical (unpaired) electrons. The highest BCUT2D eigenvalue weighted by atomic mass is 16.5. The van der Waals surface area contributed by atoms with E-state index in [1.165, 1.54) is 0 Å². The number of benzene rings is 1. The minimum Gasteiger partial charge on any atom is -0.485 e. The van der Waals surface area contributed by atoms with Crippen LogP contribution in [0.15, 0.2) is 47.5 Å². The zero-order chi connectivity index (χ0) is 13.2. The van der Waals surface area contributed by atoms with Crippen molar-refractivity contribution in [3.05, 3.63) is 53.0 Å². The Balaban J connectivity index is 1.78. The van der Waals surface area contributed by atoms with Gasteiger partial charge in [0.05, 0.1) is 12.2 Å². The van der Waals surface area contributed by atoms with E-state index in [9.17, 15) is 5.02 Å². The normalized spacial score (nSPS) is 21.3. The molecule has 1 aromatic carbocycles. The van der Waals surface area contributed by atoms with E-state index in [0.29, 0.717) is 24.3 Å². The van der Waals surface area contributed by atoms with Crippen molar-refractivity contribution in [2.75, 3.05) is 6.61 Å². The molecular weight excluding hydrogens is 241 g/mol. The molecule has 5 heteroatoms. The number of hydrogen-bond donors (Lipinski definition) is 1. The number of fused-ring (bicyclic) bond motifs is 1. The molecule has 1 atom stereocenters. The van der Waals surface area contributed by atoms with Crippen molar-refractivity contribution in [2.45, 2.75) is 12.5 Å². The minimum absolute atomic E-state index is 0.123. The number of ether oxygens (including phenoxy) is 1. The van der Waals surface area contributed by atoms with Crippen molar-refractivity contribution in [1.82, 2.24) is 0 Å². The lowest BCUT2D eigenvalue weighted by molar-refractivity contribution is 0.248. The lowest BCUT2D eigenvalue weighted by Crippen LogP contribution is -2.20. The summed E-state index contributed by atoms with van der Waals surface area (Å²) in [4.78, 5) is 0. The van der Waals surface area contributed by atoms with Gasteiger partial charge in [-0.1, -0.05) is 18.2 Å². The molecule has 0 spiro atoms. The molecule has 1 aliphatic heterocycles. The molecule has 0 amide bonds. The van der Waals surface area contributed by atoms with Gasteiger partial charge in [0.25, 0.3) is 0 Å². The molecule has 0 bridgehead atoms. The fourth-order valence-electron chi connectivity index (χ4n) is 2.32. The first-order valence-corrected chi connectivity index (χ1v) is 6.14. The first-order chi connectivity index (χ1) is 9.28. The zero-order valence-corrected chi connectivity index (χ0v) is 10.2. The van der Waals surface area contributed by atoms with Gasteiger partial charge in [0.1, 0.15) is 17.9 Å². The van der Waals surface area contributed by atoms with E-state index in [1.807, 2.05) is 24.3 Å². The van der Waals surface area contributed by atoms with Gasteiger partial charge in [-0.25, -0.2) is 0 Å². The summed E-state index contributed by atoms with van der Waals surface area (Å²) in [5.74, 6) is 0.586. The largest absolute Gasteiger partial charge is 0.491 e. The summed E-state index contributed by atoms with van der Waals surface area (Å²) in [6.45, 7) is 0.409. The molecule has 94 valence electrons. The highest BCUT2D eigenvalue weighted by Crippen LogP contribution is 2.29. The molecule has 0 aromatic heterocycles. The molecule has 19 heavy (non-hydrogen) atoms. The highest BCUT2D eigenvalue weighted by molar-refractivity contribution is 6.55. The molecule has 2 aliphatic rings. The molecule has 1 N–H and O–H groups in total. The Kier molecular flexibility index (Phi) is 3.12. The van der Waals surface area contributed by atoms with Crippen LogP contribution in [-0.2, 0) is 4.65 Å². The molecule has 1 heterocycles. The summed E-state index contributed by atoms with van der Waals surface area (Å²) in [5, 5.41) is 18.6. The monoisotopic (exact) mass is 253 g/mol. The molecule has 1 saturated heterocycles. The molecule has 0 saturated carbocycles. The maximum Gasteiger partial charge on any atom is 0.491 e. The molecule has 1 aliphatic carbocycles. The molecular formula is C14H12BNO3. The predicted octanol–water partition coefficient (Wildman–Crippen LogP) is 1.61. The lowest BCUT2D eigenvalue weighted by atomic mass is 9.75. The first-order valence-electron chi connectivity index (χ1n) is 6.14. The van der Waals surface area contributed by atoms with Gasteiger partial charge >= 0.3 is 7.12 Å². The fourth-order valence-corrected chi connectivity index (χ4v) is 2.32. The summed E-state index contributed by atoms with van der Waals surface area (Å²) in [7, 11) is -0.807. The van der Waals surface area contributed by atoms with Crippen LogP contribution in [0.4, 0.5) is 0 Å². The number of nitrogens with zero attached hydrogens (tertiary/aromatic N) is 1. The summed E-state index contributed by atoms with van der Waals surface area (Å²) in [5.41, 5.74) is 2.34. The van der Waals surface area contributed by atoms with E-state index in [2.05, 4.69) is 6.07 Å². The third kappa shape index (κ3) is 2.28. The first kappa shape index (κ1) is 12.0. The Morgan fingerprint density at radius 1 is 1.42 bits per heavy atom. The SMILES string of the molecule is N#Cc1ccccc1OC1C=C2COB(O)C2=CC1. The summed E-state index contributed by atoms with van der Waals surface area (Å²) >= 11 is 0. The van der Waals surface area contributed by atoms with Crippen molar-refractivity contribution in [1.29, 1.82) is 5.26 Å². The van der Waals surface area contributed by atoms with E-state index in [4.69, 9.17) is 14.7 Å². The maximum atomic E-state index is 9.57. The molecule has 1 fully saturated rings. The van der Waals surface area contributed by atoms with Crippen LogP contribution in [0.25, 0.3) is 0 Å². The third-order valence-corrected chi connectivity index (χ3v) is 3.28. The van der Waals surface area contributed by atoms with E-state index < -0.39 is 7.12 Å². The number of para-hydroxylation sites is 1. The van der Waals surface area contributed by atoms with Crippen LogP contribution in [0.1, 0.15) is 12.0 Å². The van der Waals surface area contributed by atoms with Gasteiger partial charge in [0, 0.05) is 6.42 Å². The average molecular weight is 253 g/mol. The lowest BCUT2D eigenvalue weighted by Gasteiger charge is -2.19. The van der Waals surface area contributed by atoms with Crippen molar-refractivity contribution in [2.24, 2.45) is 0 Å². The Morgan fingerprint density at radius 2 is 2.26 bits per heavy atom. The Morgan fingerprint density at radius 3 is 3.11 bits per heavy atom. The summed E-state index contributed by atoms with van der Waals surface area (Å²) in [6.07, 6.45) is 4.44. The Labute approximate surface area is 111 Å².